The topological polar surface area (TPSA) is 37.3 Å². The van der Waals surface area contributed by atoms with Crippen LogP contribution in [0.5, 0.6) is 0 Å². The summed E-state index contributed by atoms with van der Waals surface area (Å²) >= 11 is 9.37. The molecule has 1 aromatic carbocycles. The molecule has 0 saturated heterocycles. The highest BCUT2D eigenvalue weighted by Gasteiger charge is 2.37. The van der Waals surface area contributed by atoms with Gasteiger partial charge in [-0.1, -0.05) is 17.7 Å². The number of hydrogen-bond acceptors (Lipinski definition) is 1. The van der Waals surface area contributed by atoms with E-state index in [1.807, 2.05) is 12.1 Å². The Morgan fingerprint density at radius 3 is 2.94 bits per heavy atom. The van der Waals surface area contributed by atoms with Crippen molar-refractivity contribution in [2.75, 3.05) is 0 Å². The van der Waals surface area contributed by atoms with Crippen LogP contribution in [0.2, 0.25) is 5.02 Å². The molecule has 2 atom stereocenters. The SMILES string of the molecule is C=CCC1Cc2cc(Cl)c(Br)cc2C1C(=O)O. The summed E-state index contributed by atoms with van der Waals surface area (Å²) in [4.78, 5) is 11.4. The summed E-state index contributed by atoms with van der Waals surface area (Å²) in [5, 5.41) is 9.97. The molecule has 90 valence electrons. The summed E-state index contributed by atoms with van der Waals surface area (Å²) in [5.41, 5.74) is 1.91. The molecule has 1 aliphatic carbocycles. The standard InChI is InChI=1S/C13H12BrClO2/c1-2-3-7-4-8-5-11(15)10(14)6-9(8)12(7)13(16)17/h2,5-7,12H,1,3-4H2,(H,16,17). The fourth-order valence-electron chi connectivity index (χ4n) is 2.49. The average Bonchev–Trinajstić information content (AvgIpc) is 2.57. The zero-order valence-electron chi connectivity index (χ0n) is 9.12. The van der Waals surface area contributed by atoms with Gasteiger partial charge in [0, 0.05) is 4.47 Å². The van der Waals surface area contributed by atoms with Crippen LogP contribution in [-0.4, -0.2) is 11.1 Å². The van der Waals surface area contributed by atoms with E-state index in [0.29, 0.717) is 11.4 Å². The molecule has 1 aromatic rings. The summed E-state index contributed by atoms with van der Waals surface area (Å²) in [6.45, 7) is 3.69. The van der Waals surface area contributed by atoms with Crippen molar-refractivity contribution in [2.24, 2.45) is 5.92 Å². The van der Waals surface area contributed by atoms with Crippen LogP contribution in [0, 0.1) is 5.92 Å². The molecule has 0 heterocycles. The molecular formula is C13H12BrClO2. The molecule has 0 amide bonds. The maximum absolute atomic E-state index is 11.4. The van der Waals surface area contributed by atoms with Gasteiger partial charge in [0.25, 0.3) is 0 Å². The fraction of sp³-hybridized carbons (Fsp3) is 0.308. The third-order valence-electron chi connectivity index (χ3n) is 3.21. The zero-order valence-corrected chi connectivity index (χ0v) is 11.5. The molecule has 2 nitrogen and oxygen atoms in total. The van der Waals surface area contributed by atoms with Crippen LogP contribution >= 0.6 is 27.5 Å². The number of allylic oxidation sites excluding steroid dienone is 1. The first-order valence-corrected chi connectivity index (χ1v) is 6.53. The second-order valence-corrected chi connectivity index (χ2v) is 5.53. The number of halogens is 2. The highest BCUT2D eigenvalue weighted by Crippen LogP contribution is 2.43. The molecule has 0 aliphatic heterocycles. The highest BCUT2D eigenvalue weighted by atomic mass is 79.9. The number of carboxylic acid groups (broad SMARTS) is 1. The van der Waals surface area contributed by atoms with Crippen molar-refractivity contribution in [1.29, 1.82) is 0 Å². The summed E-state index contributed by atoms with van der Waals surface area (Å²) in [5.74, 6) is -1.13. The molecule has 2 rings (SSSR count). The molecule has 1 N–H and O–H groups in total. The fourth-order valence-corrected chi connectivity index (χ4v) is 3.04. The Bertz CT molecular complexity index is 485. The van der Waals surface area contributed by atoms with Gasteiger partial charge in [-0.05, 0) is 57.9 Å². The number of carboxylic acids is 1. The number of rotatable bonds is 3. The third kappa shape index (κ3) is 2.26. The van der Waals surface area contributed by atoms with Crippen LogP contribution in [0.3, 0.4) is 0 Å². The Labute approximate surface area is 113 Å². The Morgan fingerprint density at radius 1 is 1.65 bits per heavy atom. The van der Waals surface area contributed by atoms with Gasteiger partial charge in [-0.15, -0.1) is 6.58 Å². The lowest BCUT2D eigenvalue weighted by atomic mass is 9.90. The van der Waals surface area contributed by atoms with E-state index in [2.05, 4.69) is 22.5 Å². The van der Waals surface area contributed by atoms with Gasteiger partial charge in [-0.25, -0.2) is 0 Å². The van der Waals surface area contributed by atoms with Crippen molar-refractivity contribution in [3.63, 3.8) is 0 Å². The summed E-state index contributed by atoms with van der Waals surface area (Å²) in [6.07, 6.45) is 3.25. The van der Waals surface area contributed by atoms with Crippen molar-refractivity contribution in [3.05, 3.63) is 45.4 Å². The van der Waals surface area contributed by atoms with Crippen LogP contribution in [0.1, 0.15) is 23.5 Å². The van der Waals surface area contributed by atoms with Gasteiger partial charge >= 0.3 is 5.97 Å². The first-order valence-electron chi connectivity index (χ1n) is 5.36. The monoisotopic (exact) mass is 314 g/mol. The van der Waals surface area contributed by atoms with Gasteiger partial charge in [0.1, 0.15) is 0 Å². The Balaban J connectivity index is 2.46. The van der Waals surface area contributed by atoms with Gasteiger partial charge in [-0.2, -0.15) is 0 Å². The van der Waals surface area contributed by atoms with E-state index in [1.54, 1.807) is 6.08 Å². The number of fused-ring (bicyclic) bond motifs is 1. The molecular weight excluding hydrogens is 303 g/mol. The van der Waals surface area contributed by atoms with Gasteiger partial charge in [-0.3, -0.25) is 4.79 Å². The van der Waals surface area contributed by atoms with Crippen LogP contribution < -0.4 is 0 Å². The molecule has 0 aromatic heterocycles. The molecule has 0 fully saturated rings. The quantitative estimate of drug-likeness (QED) is 0.855. The number of carbonyl (C=O) groups is 1. The lowest BCUT2D eigenvalue weighted by Crippen LogP contribution is -2.17. The lowest BCUT2D eigenvalue weighted by molar-refractivity contribution is -0.139. The second kappa shape index (κ2) is 4.83. The minimum atomic E-state index is -0.773. The van der Waals surface area contributed by atoms with Crippen LogP contribution in [0.4, 0.5) is 0 Å². The molecule has 1 aliphatic rings. The molecule has 4 heteroatoms. The summed E-state index contributed by atoms with van der Waals surface area (Å²) in [6, 6.07) is 3.69. The Hall–Kier alpha value is -0.800. The van der Waals surface area contributed by atoms with Crippen molar-refractivity contribution in [1.82, 2.24) is 0 Å². The maximum atomic E-state index is 11.4. The van der Waals surface area contributed by atoms with Crippen molar-refractivity contribution in [3.8, 4) is 0 Å². The number of hydrogen-bond donors (Lipinski definition) is 1. The summed E-state index contributed by atoms with van der Waals surface area (Å²) < 4.78 is 0.753. The summed E-state index contributed by atoms with van der Waals surface area (Å²) in [7, 11) is 0. The first-order chi connectivity index (χ1) is 8.04. The average molecular weight is 316 g/mol. The molecule has 0 spiro atoms. The van der Waals surface area contributed by atoms with Crippen molar-refractivity contribution < 1.29 is 9.90 Å². The van der Waals surface area contributed by atoms with E-state index in [4.69, 9.17) is 11.6 Å². The molecule has 0 radical (unpaired) electrons. The smallest absolute Gasteiger partial charge is 0.311 e. The van der Waals surface area contributed by atoms with Gasteiger partial charge in [0.15, 0.2) is 0 Å². The van der Waals surface area contributed by atoms with Crippen LogP contribution in [0.25, 0.3) is 0 Å². The van der Waals surface area contributed by atoms with Crippen molar-refractivity contribution in [2.45, 2.75) is 18.8 Å². The van der Waals surface area contributed by atoms with E-state index in [1.165, 1.54) is 0 Å². The minimum Gasteiger partial charge on any atom is -0.481 e. The largest absolute Gasteiger partial charge is 0.481 e. The molecule has 0 bridgehead atoms. The molecule has 0 saturated carbocycles. The predicted molar refractivity (Wildman–Crippen MR) is 71.5 cm³/mol. The van der Waals surface area contributed by atoms with Crippen molar-refractivity contribution >= 4 is 33.5 Å². The van der Waals surface area contributed by atoms with E-state index < -0.39 is 11.9 Å². The van der Waals surface area contributed by atoms with E-state index >= 15 is 0 Å². The Kier molecular flexibility index (Phi) is 3.59. The highest BCUT2D eigenvalue weighted by molar-refractivity contribution is 9.10. The van der Waals surface area contributed by atoms with Gasteiger partial charge < -0.3 is 5.11 Å². The first kappa shape index (κ1) is 12.7. The number of aliphatic carboxylic acids is 1. The van der Waals surface area contributed by atoms with Gasteiger partial charge in [0.05, 0.1) is 10.9 Å². The van der Waals surface area contributed by atoms with E-state index in [-0.39, 0.29) is 5.92 Å². The lowest BCUT2D eigenvalue weighted by Gasteiger charge is -2.14. The van der Waals surface area contributed by atoms with E-state index in [0.717, 1.165) is 22.0 Å². The predicted octanol–water partition coefficient (Wildman–Crippen LogP) is 4.02. The zero-order chi connectivity index (χ0) is 12.6. The molecule has 2 unspecified atom stereocenters. The third-order valence-corrected chi connectivity index (χ3v) is 4.40. The maximum Gasteiger partial charge on any atom is 0.311 e. The Morgan fingerprint density at radius 2 is 2.35 bits per heavy atom. The minimum absolute atomic E-state index is 0.0883. The molecule has 17 heavy (non-hydrogen) atoms. The number of benzene rings is 1. The van der Waals surface area contributed by atoms with E-state index in [9.17, 15) is 9.90 Å². The van der Waals surface area contributed by atoms with Crippen LogP contribution in [-0.2, 0) is 11.2 Å². The van der Waals surface area contributed by atoms with Gasteiger partial charge in [0.2, 0.25) is 0 Å². The normalized spacial score (nSPS) is 22.2. The second-order valence-electron chi connectivity index (χ2n) is 4.27. The van der Waals surface area contributed by atoms with Crippen LogP contribution in [0.15, 0.2) is 29.3 Å².